The highest BCUT2D eigenvalue weighted by atomic mass is 32.2. The monoisotopic (exact) mass is 511 g/mol. The topological polar surface area (TPSA) is 61.4 Å². The van der Waals surface area contributed by atoms with Gasteiger partial charge in [0.15, 0.2) is 0 Å². The lowest BCUT2D eigenvalue weighted by Crippen LogP contribution is -2.35. The average Bonchev–Trinajstić information content (AvgIpc) is 2.80. The van der Waals surface area contributed by atoms with Crippen LogP contribution in [0.4, 0.5) is 18.9 Å². The van der Waals surface area contributed by atoms with E-state index in [4.69, 9.17) is 0 Å². The molecule has 4 atom stereocenters. The van der Waals surface area contributed by atoms with Gasteiger partial charge in [0.2, 0.25) is 10.0 Å². The molecule has 0 fully saturated rings. The second kappa shape index (κ2) is 11.3. The van der Waals surface area contributed by atoms with E-state index in [9.17, 15) is 21.6 Å². The number of halogens is 3. The number of hydrogen-bond acceptors (Lipinski definition) is 4. The van der Waals surface area contributed by atoms with Crippen LogP contribution in [0.2, 0.25) is 0 Å². The molecule has 0 amide bonds. The smallest absolute Gasteiger partial charge is 0.378 e. The lowest BCUT2D eigenvalue weighted by molar-refractivity contribution is -0.137. The Bertz CT molecular complexity index is 1070. The van der Waals surface area contributed by atoms with Gasteiger partial charge in [-0.25, -0.2) is 13.1 Å². The van der Waals surface area contributed by atoms with E-state index in [1.165, 1.54) is 12.1 Å². The molecule has 9 heteroatoms. The number of rotatable bonds is 10. The first-order valence-electron chi connectivity index (χ1n) is 12.0. The summed E-state index contributed by atoms with van der Waals surface area (Å²) in [5, 5.41) is 3.50. The summed E-state index contributed by atoms with van der Waals surface area (Å²) in [7, 11) is 0.311. The zero-order valence-corrected chi connectivity index (χ0v) is 21.6. The van der Waals surface area contributed by atoms with Crippen molar-refractivity contribution in [3.8, 4) is 0 Å². The molecule has 0 saturated carbocycles. The molecule has 2 aromatic carbocycles. The van der Waals surface area contributed by atoms with Gasteiger partial charge in [0.05, 0.1) is 17.4 Å². The molecule has 1 aliphatic rings. The van der Waals surface area contributed by atoms with Crippen molar-refractivity contribution in [3.63, 3.8) is 0 Å². The first kappa shape index (κ1) is 27.5. The van der Waals surface area contributed by atoms with Gasteiger partial charge in [-0.2, -0.15) is 13.2 Å². The predicted octanol–water partition coefficient (Wildman–Crippen LogP) is 5.49. The van der Waals surface area contributed by atoms with Crippen molar-refractivity contribution in [1.82, 2.24) is 9.62 Å². The average molecular weight is 512 g/mol. The fourth-order valence-electron chi connectivity index (χ4n) is 4.67. The highest BCUT2D eigenvalue weighted by Crippen LogP contribution is 2.48. The van der Waals surface area contributed by atoms with Crippen molar-refractivity contribution >= 4 is 15.7 Å². The highest BCUT2D eigenvalue weighted by Gasteiger charge is 2.37. The molecule has 0 radical (unpaired) electrons. The molecule has 1 aliphatic heterocycles. The summed E-state index contributed by atoms with van der Waals surface area (Å²) in [5.74, 6) is 0.102. The molecule has 1 unspecified atom stereocenters. The van der Waals surface area contributed by atoms with Crippen LogP contribution in [0.5, 0.6) is 0 Å². The molecule has 0 spiro atoms. The van der Waals surface area contributed by atoms with Crippen molar-refractivity contribution < 1.29 is 21.6 Å². The third kappa shape index (κ3) is 7.44. The van der Waals surface area contributed by atoms with Gasteiger partial charge in [-0.1, -0.05) is 44.2 Å². The Kier molecular flexibility index (Phi) is 8.88. The zero-order chi connectivity index (χ0) is 25.8. The van der Waals surface area contributed by atoms with Crippen LogP contribution in [0, 0.1) is 11.8 Å². The van der Waals surface area contributed by atoms with Gasteiger partial charge in [0.1, 0.15) is 0 Å². The Morgan fingerprint density at radius 3 is 2.43 bits per heavy atom. The van der Waals surface area contributed by atoms with Crippen LogP contribution < -0.4 is 10.0 Å². The second-order valence-electron chi connectivity index (χ2n) is 9.94. The molecule has 0 bridgehead atoms. The molecule has 2 N–H and O–H groups in total. The largest absolute Gasteiger partial charge is 0.416 e. The molecule has 5 nitrogen and oxygen atoms in total. The standard InChI is InChI=1S/C26H36F3N3O2S/c1-18(17-30-35(33,34)15-14-32(3)4)10-12-22-19(2)23-16-21(26(27,28)29)11-13-24(23)31-25(22)20-8-6-5-7-9-20/h5-9,11,13,16,18-19,22,25,30-31H,10,12,14-15,17H2,1-4H3/t18-,19?,22-,25+/m1/s1. The van der Waals surface area contributed by atoms with Crippen molar-refractivity contribution in [2.45, 2.75) is 44.8 Å². The lowest BCUT2D eigenvalue weighted by Gasteiger charge is -2.40. The van der Waals surface area contributed by atoms with Crippen LogP contribution in [0.15, 0.2) is 48.5 Å². The molecule has 0 aliphatic carbocycles. The van der Waals surface area contributed by atoms with Gasteiger partial charge in [-0.05, 0) is 74.0 Å². The van der Waals surface area contributed by atoms with Gasteiger partial charge >= 0.3 is 6.18 Å². The van der Waals surface area contributed by atoms with Crippen LogP contribution in [0.3, 0.4) is 0 Å². The van der Waals surface area contributed by atoms with E-state index in [2.05, 4.69) is 10.0 Å². The number of hydrogen-bond donors (Lipinski definition) is 2. The highest BCUT2D eigenvalue weighted by molar-refractivity contribution is 7.89. The van der Waals surface area contributed by atoms with Crippen molar-refractivity contribution in [1.29, 1.82) is 0 Å². The minimum Gasteiger partial charge on any atom is -0.378 e. The number of nitrogens with one attached hydrogen (secondary N) is 2. The van der Waals surface area contributed by atoms with Gasteiger partial charge in [0.25, 0.3) is 0 Å². The van der Waals surface area contributed by atoms with E-state index in [1.54, 1.807) is 0 Å². The minimum atomic E-state index is -4.39. The zero-order valence-electron chi connectivity index (χ0n) is 20.8. The van der Waals surface area contributed by atoms with E-state index < -0.39 is 21.8 Å². The van der Waals surface area contributed by atoms with Gasteiger partial charge in [0, 0.05) is 18.8 Å². The van der Waals surface area contributed by atoms with Gasteiger partial charge in [-0.3, -0.25) is 0 Å². The van der Waals surface area contributed by atoms with Crippen molar-refractivity contribution in [2.24, 2.45) is 11.8 Å². The number of benzene rings is 2. The maximum Gasteiger partial charge on any atom is 0.416 e. The van der Waals surface area contributed by atoms with E-state index in [0.29, 0.717) is 18.7 Å². The third-order valence-corrected chi connectivity index (χ3v) is 8.19. The van der Waals surface area contributed by atoms with Crippen LogP contribution in [-0.2, 0) is 16.2 Å². The van der Waals surface area contributed by atoms with Crippen molar-refractivity contribution in [3.05, 3.63) is 65.2 Å². The summed E-state index contributed by atoms with van der Waals surface area (Å²) < 4.78 is 67.3. The molecule has 1 heterocycles. The number of alkyl halides is 3. The molecule has 0 saturated heterocycles. The Balaban J connectivity index is 1.75. The summed E-state index contributed by atoms with van der Waals surface area (Å²) in [5.41, 5.74) is 1.86. The Labute approximate surface area is 207 Å². The Morgan fingerprint density at radius 2 is 1.80 bits per heavy atom. The molecule has 35 heavy (non-hydrogen) atoms. The molecule has 3 rings (SSSR count). The Hall–Kier alpha value is -2.10. The first-order chi connectivity index (χ1) is 16.4. The summed E-state index contributed by atoms with van der Waals surface area (Å²) in [6, 6.07) is 13.8. The molecule has 0 aromatic heterocycles. The number of fused-ring (bicyclic) bond motifs is 1. The summed E-state index contributed by atoms with van der Waals surface area (Å²) in [6.07, 6.45) is -2.88. The molecular weight excluding hydrogens is 475 g/mol. The molecule has 194 valence electrons. The quantitative estimate of drug-likeness (QED) is 0.443. The normalized spacial score (nSPS) is 21.4. The van der Waals surface area contributed by atoms with Gasteiger partial charge < -0.3 is 10.2 Å². The van der Waals surface area contributed by atoms with Crippen LogP contribution in [-0.4, -0.2) is 46.3 Å². The summed E-state index contributed by atoms with van der Waals surface area (Å²) in [6.45, 7) is 4.79. The van der Waals surface area contributed by atoms with Crippen LogP contribution >= 0.6 is 0 Å². The lowest BCUT2D eigenvalue weighted by atomic mass is 9.73. The SMILES string of the molecule is CC1c2cc(C(F)(F)F)ccc2N[C@@H](c2ccccc2)[C@@H]1CC[C@@H](C)CNS(=O)(=O)CCN(C)C. The van der Waals surface area contributed by atoms with E-state index in [1.807, 2.05) is 63.2 Å². The van der Waals surface area contributed by atoms with E-state index >= 15 is 0 Å². The molecule has 2 aromatic rings. The summed E-state index contributed by atoms with van der Waals surface area (Å²) >= 11 is 0. The first-order valence-corrected chi connectivity index (χ1v) is 13.7. The maximum absolute atomic E-state index is 13.4. The van der Waals surface area contributed by atoms with Crippen molar-refractivity contribution in [2.75, 3.05) is 38.3 Å². The Morgan fingerprint density at radius 1 is 1.11 bits per heavy atom. The fraction of sp³-hybridized carbons (Fsp3) is 0.538. The van der Waals surface area contributed by atoms with Crippen LogP contribution in [0.1, 0.15) is 55.3 Å². The predicted molar refractivity (Wildman–Crippen MR) is 135 cm³/mol. The third-order valence-electron chi connectivity index (χ3n) is 6.86. The van der Waals surface area contributed by atoms with E-state index in [0.717, 1.165) is 30.2 Å². The number of anilines is 1. The van der Waals surface area contributed by atoms with Crippen LogP contribution in [0.25, 0.3) is 0 Å². The van der Waals surface area contributed by atoms with E-state index in [-0.39, 0.29) is 29.5 Å². The number of nitrogens with zero attached hydrogens (tertiary/aromatic N) is 1. The summed E-state index contributed by atoms with van der Waals surface area (Å²) in [4.78, 5) is 1.83. The second-order valence-corrected chi connectivity index (χ2v) is 11.9. The molecular formula is C26H36F3N3O2S. The fourth-order valence-corrected chi connectivity index (χ4v) is 5.96. The maximum atomic E-state index is 13.4. The number of sulfonamides is 1. The minimum absolute atomic E-state index is 0.0422. The van der Waals surface area contributed by atoms with Gasteiger partial charge in [-0.15, -0.1) is 0 Å².